The van der Waals surface area contributed by atoms with Gasteiger partial charge in [0.15, 0.2) is 0 Å². The Morgan fingerprint density at radius 1 is 1.32 bits per heavy atom. The summed E-state index contributed by atoms with van der Waals surface area (Å²) < 4.78 is 0. The molecule has 2 amide bonds. The van der Waals surface area contributed by atoms with Crippen LogP contribution in [0.25, 0.3) is 0 Å². The Balaban J connectivity index is 2.65. The third kappa shape index (κ3) is 4.69. The second-order valence-corrected chi connectivity index (χ2v) is 5.30. The van der Waals surface area contributed by atoms with Crippen molar-refractivity contribution in [3.05, 3.63) is 0 Å². The summed E-state index contributed by atoms with van der Waals surface area (Å²) in [6, 6.07) is -2.79. The van der Waals surface area contributed by atoms with Crippen LogP contribution in [-0.4, -0.2) is 63.5 Å². The van der Waals surface area contributed by atoms with Crippen molar-refractivity contribution in [2.24, 2.45) is 5.73 Å². The van der Waals surface area contributed by atoms with Crippen LogP contribution in [0.2, 0.25) is 0 Å². The van der Waals surface area contributed by atoms with E-state index in [4.69, 9.17) is 15.9 Å². The Morgan fingerprint density at radius 3 is 2.50 bits per heavy atom. The van der Waals surface area contributed by atoms with Gasteiger partial charge in [0.05, 0.1) is 6.04 Å². The van der Waals surface area contributed by atoms with Gasteiger partial charge in [-0.1, -0.05) is 0 Å². The first-order valence-electron chi connectivity index (χ1n) is 7.05. The van der Waals surface area contributed by atoms with Crippen molar-refractivity contribution >= 4 is 23.8 Å². The van der Waals surface area contributed by atoms with Gasteiger partial charge in [0, 0.05) is 13.0 Å². The third-order valence-electron chi connectivity index (χ3n) is 3.55. The second-order valence-electron chi connectivity index (χ2n) is 5.30. The molecule has 9 heteroatoms. The zero-order chi connectivity index (χ0) is 16.9. The number of carboxylic acids is 2. The van der Waals surface area contributed by atoms with Crippen LogP contribution in [0.4, 0.5) is 0 Å². The van der Waals surface area contributed by atoms with Crippen LogP contribution in [-0.2, 0) is 19.2 Å². The van der Waals surface area contributed by atoms with Crippen LogP contribution in [0.3, 0.4) is 0 Å². The summed E-state index contributed by atoms with van der Waals surface area (Å²) in [5, 5.41) is 19.7. The molecule has 0 spiro atoms. The number of hydrogen-bond acceptors (Lipinski definition) is 5. The molecule has 0 aromatic heterocycles. The molecule has 9 nitrogen and oxygen atoms in total. The molecular formula is C13H21N3O6. The number of nitrogens with two attached hydrogens (primary N) is 1. The van der Waals surface area contributed by atoms with Crippen molar-refractivity contribution in [1.82, 2.24) is 10.2 Å². The molecule has 124 valence electrons. The molecule has 5 N–H and O–H groups in total. The first-order valence-corrected chi connectivity index (χ1v) is 7.05. The Morgan fingerprint density at radius 2 is 1.95 bits per heavy atom. The maximum atomic E-state index is 12.2. The Bertz CT molecular complexity index is 467. The monoisotopic (exact) mass is 315 g/mol. The minimum atomic E-state index is -1.16. The molecule has 0 saturated carbocycles. The van der Waals surface area contributed by atoms with Gasteiger partial charge in [-0.3, -0.25) is 19.2 Å². The number of rotatable bonds is 7. The largest absolute Gasteiger partial charge is 0.481 e. The van der Waals surface area contributed by atoms with Crippen molar-refractivity contribution in [1.29, 1.82) is 0 Å². The van der Waals surface area contributed by atoms with E-state index in [-0.39, 0.29) is 12.8 Å². The van der Waals surface area contributed by atoms with Gasteiger partial charge in [0.2, 0.25) is 11.8 Å². The molecule has 1 rings (SSSR count). The van der Waals surface area contributed by atoms with E-state index in [0.717, 1.165) is 0 Å². The van der Waals surface area contributed by atoms with Crippen LogP contribution in [0, 0.1) is 0 Å². The summed E-state index contributed by atoms with van der Waals surface area (Å²) in [6.07, 6.45) is 0.796. The van der Waals surface area contributed by atoms with Crippen molar-refractivity contribution in [3.63, 3.8) is 0 Å². The summed E-state index contributed by atoms with van der Waals surface area (Å²) in [5.74, 6) is -3.23. The van der Waals surface area contributed by atoms with E-state index in [2.05, 4.69) is 5.32 Å². The summed E-state index contributed by atoms with van der Waals surface area (Å²) in [5.41, 5.74) is 5.68. The van der Waals surface area contributed by atoms with Crippen LogP contribution >= 0.6 is 0 Å². The maximum absolute atomic E-state index is 12.2. The average molecular weight is 315 g/mol. The van der Waals surface area contributed by atoms with Crippen LogP contribution in [0.1, 0.15) is 32.6 Å². The number of nitrogens with one attached hydrogen (secondary N) is 1. The molecule has 1 aliphatic heterocycles. The van der Waals surface area contributed by atoms with E-state index in [9.17, 15) is 19.2 Å². The van der Waals surface area contributed by atoms with E-state index in [1.54, 1.807) is 0 Å². The molecular weight excluding hydrogens is 294 g/mol. The lowest BCUT2D eigenvalue weighted by Crippen LogP contribution is -2.53. The number of hydrogen-bond donors (Lipinski definition) is 4. The highest BCUT2D eigenvalue weighted by atomic mass is 16.4. The van der Waals surface area contributed by atoms with Crippen molar-refractivity contribution in [2.45, 2.75) is 50.7 Å². The van der Waals surface area contributed by atoms with E-state index in [0.29, 0.717) is 19.4 Å². The molecule has 0 aromatic rings. The molecule has 0 aromatic carbocycles. The van der Waals surface area contributed by atoms with Gasteiger partial charge in [0.25, 0.3) is 0 Å². The van der Waals surface area contributed by atoms with Crippen molar-refractivity contribution in [3.8, 4) is 0 Å². The molecule has 1 fully saturated rings. The molecule has 1 heterocycles. The molecule has 0 bridgehead atoms. The van der Waals surface area contributed by atoms with Gasteiger partial charge >= 0.3 is 11.9 Å². The minimum Gasteiger partial charge on any atom is -0.481 e. The zero-order valence-corrected chi connectivity index (χ0v) is 12.3. The minimum absolute atomic E-state index is 0.00939. The standard InChI is InChI=1S/C13H21N3O6/c1-7(13(21)22)15-11(19)9-3-2-6-16(9)12(20)8(14)4-5-10(17)18/h7-9H,2-6,14H2,1H3,(H,15,19)(H,17,18)(H,21,22)/t7-,8-,9-/m0/s1. The predicted octanol–water partition coefficient (Wildman–Crippen LogP) is -1.24. The highest BCUT2D eigenvalue weighted by molar-refractivity contribution is 5.92. The molecule has 0 radical (unpaired) electrons. The fraction of sp³-hybridized carbons (Fsp3) is 0.692. The first-order chi connectivity index (χ1) is 10.2. The van der Waals surface area contributed by atoms with Crippen LogP contribution in [0.5, 0.6) is 0 Å². The number of likely N-dealkylation sites (tertiary alicyclic amines) is 1. The lowest BCUT2D eigenvalue weighted by atomic mass is 10.1. The summed E-state index contributed by atoms with van der Waals surface area (Å²) in [7, 11) is 0. The lowest BCUT2D eigenvalue weighted by Gasteiger charge is -2.27. The Hall–Kier alpha value is -2.16. The highest BCUT2D eigenvalue weighted by Crippen LogP contribution is 2.19. The normalized spacial score (nSPS) is 20.3. The van der Waals surface area contributed by atoms with E-state index in [1.165, 1.54) is 11.8 Å². The molecule has 22 heavy (non-hydrogen) atoms. The van der Waals surface area contributed by atoms with Gasteiger partial charge in [-0.25, -0.2) is 0 Å². The molecule has 3 atom stereocenters. The first kappa shape index (κ1) is 17.9. The number of carboxylic acid groups (broad SMARTS) is 2. The fourth-order valence-electron chi connectivity index (χ4n) is 2.29. The lowest BCUT2D eigenvalue weighted by molar-refractivity contribution is -0.143. The molecule has 1 aliphatic rings. The summed E-state index contributed by atoms with van der Waals surface area (Å²) in [6.45, 7) is 1.68. The smallest absolute Gasteiger partial charge is 0.325 e. The third-order valence-corrected chi connectivity index (χ3v) is 3.55. The topological polar surface area (TPSA) is 150 Å². The summed E-state index contributed by atoms with van der Waals surface area (Å²) in [4.78, 5) is 46.8. The average Bonchev–Trinajstić information content (AvgIpc) is 2.92. The van der Waals surface area contributed by atoms with Gasteiger partial charge < -0.3 is 26.2 Å². The maximum Gasteiger partial charge on any atom is 0.325 e. The van der Waals surface area contributed by atoms with Crippen LogP contribution in [0.15, 0.2) is 0 Å². The SMILES string of the molecule is C[C@H](NC(=O)[C@@H]1CCCN1C(=O)[C@@H](N)CCC(=O)O)C(=O)O. The zero-order valence-electron chi connectivity index (χ0n) is 12.3. The van der Waals surface area contributed by atoms with Crippen molar-refractivity contribution < 1.29 is 29.4 Å². The van der Waals surface area contributed by atoms with Crippen LogP contribution < -0.4 is 11.1 Å². The van der Waals surface area contributed by atoms with E-state index >= 15 is 0 Å². The Kier molecular flexibility index (Phi) is 6.29. The molecule has 1 saturated heterocycles. The number of amides is 2. The fourth-order valence-corrected chi connectivity index (χ4v) is 2.29. The number of carbonyl (C=O) groups is 4. The van der Waals surface area contributed by atoms with E-state index in [1.807, 2.05) is 0 Å². The van der Waals surface area contributed by atoms with Gasteiger partial charge in [-0.15, -0.1) is 0 Å². The quantitative estimate of drug-likeness (QED) is 0.459. The van der Waals surface area contributed by atoms with E-state index < -0.39 is 41.9 Å². The Labute approximate surface area is 127 Å². The molecule has 0 unspecified atom stereocenters. The number of aliphatic carboxylic acids is 2. The summed E-state index contributed by atoms with van der Waals surface area (Å²) >= 11 is 0. The predicted molar refractivity (Wildman–Crippen MR) is 74.8 cm³/mol. The number of carbonyl (C=O) groups excluding carboxylic acids is 2. The van der Waals surface area contributed by atoms with Gasteiger partial charge in [-0.2, -0.15) is 0 Å². The van der Waals surface area contributed by atoms with Crippen molar-refractivity contribution in [2.75, 3.05) is 6.54 Å². The second kappa shape index (κ2) is 7.74. The number of nitrogens with zero attached hydrogens (tertiary/aromatic N) is 1. The van der Waals surface area contributed by atoms with Gasteiger partial charge in [0.1, 0.15) is 12.1 Å². The highest BCUT2D eigenvalue weighted by Gasteiger charge is 2.36. The van der Waals surface area contributed by atoms with Gasteiger partial charge in [-0.05, 0) is 26.2 Å². The molecule has 0 aliphatic carbocycles.